The molecule has 12 heavy (non-hydrogen) atoms. The summed E-state index contributed by atoms with van der Waals surface area (Å²) in [4.78, 5) is 10.7. The van der Waals surface area contributed by atoms with Gasteiger partial charge in [-0.25, -0.2) is 0 Å². The zero-order valence-electron chi connectivity index (χ0n) is 7.12. The van der Waals surface area contributed by atoms with Crippen molar-refractivity contribution >= 4 is 5.97 Å². The molecule has 1 aliphatic heterocycles. The molecule has 1 saturated heterocycles. The van der Waals surface area contributed by atoms with E-state index in [4.69, 9.17) is 10.8 Å². The fourth-order valence-corrected chi connectivity index (χ4v) is 1.66. The molecular weight excluding hydrogens is 156 g/mol. The summed E-state index contributed by atoms with van der Waals surface area (Å²) in [7, 11) is 0. The lowest BCUT2D eigenvalue weighted by Crippen LogP contribution is -2.46. The first-order valence-electron chi connectivity index (χ1n) is 4.42. The SMILES string of the molecule is NCC(C(=O)O)C1CCCCN1. The van der Waals surface area contributed by atoms with Crippen LogP contribution in [0.4, 0.5) is 0 Å². The Hall–Kier alpha value is -0.610. The van der Waals surface area contributed by atoms with Crippen molar-refractivity contribution in [1.29, 1.82) is 0 Å². The van der Waals surface area contributed by atoms with E-state index in [2.05, 4.69) is 5.32 Å². The van der Waals surface area contributed by atoms with Crippen molar-refractivity contribution in [3.8, 4) is 0 Å². The van der Waals surface area contributed by atoms with Gasteiger partial charge in [0.05, 0.1) is 5.92 Å². The monoisotopic (exact) mass is 172 g/mol. The number of hydrogen-bond acceptors (Lipinski definition) is 3. The van der Waals surface area contributed by atoms with Crippen LogP contribution in [0.25, 0.3) is 0 Å². The van der Waals surface area contributed by atoms with Crippen LogP contribution in [0.2, 0.25) is 0 Å². The number of piperidine rings is 1. The molecule has 1 fully saturated rings. The van der Waals surface area contributed by atoms with Gasteiger partial charge in [0.25, 0.3) is 0 Å². The summed E-state index contributed by atoms with van der Waals surface area (Å²) in [6, 6.07) is 0.0845. The summed E-state index contributed by atoms with van der Waals surface area (Å²) < 4.78 is 0. The third kappa shape index (κ3) is 2.19. The van der Waals surface area contributed by atoms with E-state index in [-0.39, 0.29) is 12.6 Å². The van der Waals surface area contributed by atoms with Gasteiger partial charge in [-0.1, -0.05) is 6.42 Å². The van der Waals surface area contributed by atoms with E-state index in [9.17, 15) is 4.79 Å². The Kier molecular flexibility index (Phi) is 3.49. The molecule has 4 nitrogen and oxygen atoms in total. The lowest BCUT2D eigenvalue weighted by molar-refractivity contribution is -0.142. The average Bonchev–Trinajstić information content (AvgIpc) is 2.07. The molecule has 0 aromatic rings. The highest BCUT2D eigenvalue weighted by atomic mass is 16.4. The minimum atomic E-state index is -0.781. The van der Waals surface area contributed by atoms with Crippen LogP contribution in [0.1, 0.15) is 19.3 Å². The number of rotatable bonds is 3. The van der Waals surface area contributed by atoms with Gasteiger partial charge < -0.3 is 16.2 Å². The predicted octanol–water partition coefficient (Wildman–Crippen LogP) is -0.212. The predicted molar refractivity (Wildman–Crippen MR) is 45.8 cm³/mol. The molecule has 4 N–H and O–H groups in total. The number of aliphatic carboxylic acids is 1. The Labute approximate surface area is 72.1 Å². The van der Waals surface area contributed by atoms with Gasteiger partial charge >= 0.3 is 5.97 Å². The molecule has 4 heteroatoms. The summed E-state index contributed by atoms with van der Waals surface area (Å²) in [6.45, 7) is 1.15. The molecule has 0 bridgehead atoms. The Morgan fingerprint density at radius 2 is 2.42 bits per heavy atom. The fraction of sp³-hybridized carbons (Fsp3) is 0.875. The van der Waals surface area contributed by atoms with Gasteiger partial charge in [-0.05, 0) is 19.4 Å². The number of carbonyl (C=O) groups is 1. The maximum absolute atomic E-state index is 10.7. The molecule has 0 amide bonds. The Balaban J connectivity index is 2.46. The van der Waals surface area contributed by atoms with Gasteiger partial charge in [0, 0.05) is 12.6 Å². The summed E-state index contributed by atoms with van der Waals surface area (Å²) in [6.07, 6.45) is 3.20. The average molecular weight is 172 g/mol. The van der Waals surface area contributed by atoms with E-state index < -0.39 is 11.9 Å². The molecule has 1 aliphatic rings. The van der Waals surface area contributed by atoms with Gasteiger partial charge in [-0.3, -0.25) is 4.79 Å². The van der Waals surface area contributed by atoms with Crippen LogP contribution in [-0.2, 0) is 4.79 Å². The van der Waals surface area contributed by atoms with E-state index in [1.165, 1.54) is 0 Å². The third-order valence-corrected chi connectivity index (χ3v) is 2.41. The third-order valence-electron chi connectivity index (χ3n) is 2.41. The van der Waals surface area contributed by atoms with Crippen LogP contribution in [0.3, 0.4) is 0 Å². The number of nitrogens with one attached hydrogen (secondary N) is 1. The van der Waals surface area contributed by atoms with Gasteiger partial charge in [0.1, 0.15) is 0 Å². The van der Waals surface area contributed by atoms with E-state index in [1.54, 1.807) is 0 Å². The Morgan fingerprint density at radius 3 is 2.83 bits per heavy atom. The second kappa shape index (κ2) is 4.42. The first-order valence-corrected chi connectivity index (χ1v) is 4.42. The molecule has 1 heterocycles. The Bertz CT molecular complexity index is 155. The van der Waals surface area contributed by atoms with Crippen molar-refractivity contribution in [3.05, 3.63) is 0 Å². The van der Waals surface area contributed by atoms with Gasteiger partial charge in [-0.15, -0.1) is 0 Å². The van der Waals surface area contributed by atoms with Crippen molar-refractivity contribution in [2.45, 2.75) is 25.3 Å². The van der Waals surface area contributed by atoms with E-state index >= 15 is 0 Å². The second-order valence-electron chi connectivity index (χ2n) is 3.24. The zero-order chi connectivity index (χ0) is 8.97. The summed E-state index contributed by atoms with van der Waals surface area (Å²) in [5.74, 6) is -1.19. The molecule has 0 aliphatic carbocycles. The molecule has 0 aromatic carbocycles. The highest BCUT2D eigenvalue weighted by molar-refractivity contribution is 5.71. The van der Waals surface area contributed by atoms with Crippen LogP contribution in [0.15, 0.2) is 0 Å². The molecule has 0 aromatic heterocycles. The maximum atomic E-state index is 10.7. The van der Waals surface area contributed by atoms with Crippen LogP contribution < -0.4 is 11.1 Å². The van der Waals surface area contributed by atoms with E-state index in [0.29, 0.717) is 0 Å². The molecule has 0 radical (unpaired) electrons. The smallest absolute Gasteiger partial charge is 0.309 e. The largest absolute Gasteiger partial charge is 0.481 e. The Morgan fingerprint density at radius 1 is 1.67 bits per heavy atom. The summed E-state index contributed by atoms with van der Waals surface area (Å²) in [5, 5.41) is 12.0. The van der Waals surface area contributed by atoms with Crippen molar-refractivity contribution in [3.63, 3.8) is 0 Å². The minimum Gasteiger partial charge on any atom is -0.481 e. The molecular formula is C8H16N2O2. The number of nitrogens with two attached hydrogens (primary N) is 1. The minimum absolute atomic E-state index is 0.0845. The fourth-order valence-electron chi connectivity index (χ4n) is 1.66. The van der Waals surface area contributed by atoms with Crippen molar-refractivity contribution < 1.29 is 9.90 Å². The molecule has 70 valence electrons. The van der Waals surface area contributed by atoms with E-state index in [0.717, 1.165) is 25.8 Å². The zero-order valence-corrected chi connectivity index (χ0v) is 7.12. The number of carboxylic acid groups (broad SMARTS) is 1. The first kappa shape index (κ1) is 9.48. The summed E-state index contributed by atoms with van der Waals surface area (Å²) >= 11 is 0. The van der Waals surface area contributed by atoms with Crippen LogP contribution in [0, 0.1) is 5.92 Å². The molecule has 0 saturated carbocycles. The topological polar surface area (TPSA) is 75.4 Å². The lowest BCUT2D eigenvalue weighted by Gasteiger charge is -2.27. The lowest BCUT2D eigenvalue weighted by atomic mass is 9.92. The highest BCUT2D eigenvalue weighted by Crippen LogP contribution is 2.14. The van der Waals surface area contributed by atoms with Crippen LogP contribution >= 0.6 is 0 Å². The van der Waals surface area contributed by atoms with Crippen molar-refractivity contribution in [1.82, 2.24) is 5.32 Å². The molecule has 1 rings (SSSR count). The molecule has 2 atom stereocenters. The first-order chi connectivity index (χ1) is 5.75. The standard InChI is InChI=1S/C8H16N2O2/c9-5-6(8(11)12)7-3-1-2-4-10-7/h6-7,10H,1-5,9H2,(H,11,12). The maximum Gasteiger partial charge on any atom is 0.309 e. The van der Waals surface area contributed by atoms with Gasteiger partial charge in [0.2, 0.25) is 0 Å². The number of hydrogen-bond donors (Lipinski definition) is 3. The van der Waals surface area contributed by atoms with Gasteiger partial charge in [0.15, 0.2) is 0 Å². The van der Waals surface area contributed by atoms with Crippen molar-refractivity contribution in [2.75, 3.05) is 13.1 Å². The van der Waals surface area contributed by atoms with Crippen LogP contribution in [0.5, 0.6) is 0 Å². The van der Waals surface area contributed by atoms with Crippen molar-refractivity contribution in [2.24, 2.45) is 11.7 Å². The number of carboxylic acids is 1. The van der Waals surface area contributed by atoms with E-state index in [1.807, 2.05) is 0 Å². The molecule has 2 unspecified atom stereocenters. The van der Waals surface area contributed by atoms with Gasteiger partial charge in [-0.2, -0.15) is 0 Å². The summed E-state index contributed by atoms with van der Waals surface area (Å²) in [5.41, 5.74) is 5.38. The normalized spacial score (nSPS) is 26.6. The van der Waals surface area contributed by atoms with Crippen LogP contribution in [-0.4, -0.2) is 30.2 Å². The second-order valence-corrected chi connectivity index (χ2v) is 3.24. The quantitative estimate of drug-likeness (QED) is 0.550. The highest BCUT2D eigenvalue weighted by Gasteiger charge is 2.27. The molecule has 0 spiro atoms.